The molecule has 7 atom stereocenters. The van der Waals surface area contributed by atoms with E-state index < -0.39 is 85.4 Å². The lowest BCUT2D eigenvalue weighted by Gasteiger charge is -2.45. The average molecular weight is 751 g/mol. The van der Waals surface area contributed by atoms with Gasteiger partial charge in [0.05, 0.1) is 32.5 Å². The van der Waals surface area contributed by atoms with Crippen LogP contribution in [-0.2, 0) is 62.6 Å². The van der Waals surface area contributed by atoms with Crippen molar-refractivity contribution in [3.05, 3.63) is 108 Å². The van der Waals surface area contributed by atoms with Crippen molar-refractivity contribution in [2.24, 2.45) is 0 Å². The van der Waals surface area contributed by atoms with Gasteiger partial charge in [0, 0.05) is 6.42 Å². The molecule has 0 bridgehead atoms. The number of hydrogen-bond acceptors (Lipinski definition) is 10. The van der Waals surface area contributed by atoms with Gasteiger partial charge in [-0.1, -0.05) is 91.0 Å². The fraction of sp³-hybridized carbons (Fsp3) is 0.450. The van der Waals surface area contributed by atoms with E-state index in [1.807, 2.05) is 91.0 Å². The van der Waals surface area contributed by atoms with Crippen LogP contribution >= 0.6 is 0 Å². The number of rotatable bonds is 19. The summed E-state index contributed by atoms with van der Waals surface area (Å²) in [6.45, 7) is 6.83. The smallest absolute Gasteiger partial charge is 0.408 e. The Hall–Kier alpha value is -4.86. The van der Waals surface area contributed by atoms with Gasteiger partial charge in [-0.2, -0.15) is 0 Å². The molecular weight excluding hydrogens is 700 g/mol. The molecule has 54 heavy (non-hydrogen) atoms. The van der Waals surface area contributed by atoms with E-state index in [1.54, 1.807) is 27.7 Å². The van der Waals surface area contributed by atoms with Gasteiger partial charge >= 0.3 is 18.0 Å². The van der Waals surface area contributed by atoms with Gasteiger partial charge in [0.2, 0.25) is 5.91 Å². The number of aliphatic carboxylic acids is 2. The maximum Gasteiger partial charge on any atom is 0.408 e. The Bertz CT molecular complexity index is 1620. The molecule has 0 aromatic heterocycles. The summed E-state index contributed by atoms with van der Waals surface area (Å²) in [5.41, 5.74) is 1.79. The molecule has 1 heterocycles. The Balaban J connectivity index is 1.62. The largest absolute Gasteiger partial charge is 0.481 e. The number of carbonyl (C=O) groups excluding carboxylic acids is 2. The molecule has 0 saturated carbocycles. The number of carbonyl (C=O) groups is 4. The van der Waals surface area contributed by atoms with Crippen molar-refractivity contribution in [2.75, 3.05) is 6.61 Å². The first-order chi connectivity index (χ1) is 25.8. The molecule has 3 aromatic carbocycles. The highest BCUT2D eigenvalue weighted by molar-refractivity contribution is 5.89. The second-order valence-corrected chi connectivity index (χ2v) is 13.9. The number of nitrogens with one attached hydrogen (secondary N) is 2. The van der Waals surface area contributed by atoms with E-state index in [0.717, 1.165) is 16.7 Å². The van der Waals surface area contributed by atoms with E-state index in [-0.39, 0.29) is 26.2 Å². The summed E-state index contributed by atoms with van der Waals surface area (Å²) in [4.78, 5) is 49.5. The summed E-state index contributed by atoms with van der Waals surface area (Å²) in [6.07, 6.45) is -5.97. The first-order valence-electron chi connectivity index (χ1n) is 17.8. The van der Waals surface area contributed by atoms with E-state index in [4.69, 9.17) is 33.5 Å². The molecule has 1 aliphatic rings. The topological polar surface area (TPSA) is 188 Å². The van der Waals surface area contributed by atoms with Crippen LogP contribution in [0.25, 0.3) is 0 Å². The van der Waals surface area contributed by atoms with E-state index in [0.29, 0.717) is 0 Å². The van der Waals surface area contributed by atoms with Gasteiger partial charge in [0.15, 0.2) is 6.29 Å². The summed E-state index contributed by atoms with van der Waals surface area (Å²) in [5.74, 6) is -3.62. The van der Waals surface area contributed by atoms with E-state index in [9.17, 15) is 24.3 Å². The molecule has 1 saturated heterocycles. The Kier molecular flexibility index (Phi) is 15.9. The zero-order valence-corrected chi connectivity index (χ0v) is 30.9. The van der Waals surface area contributed by atoms with Crippen molar-refractivity contribution >= 4 is 23.9 Å². The second-order valence-electron chi connectivity index (χ2n) is 13.9. The lowest BCUT2D eigenvalue weighted by atomic mass is 9.98. The van der Waals surface area contributed by atoms with Crippen molar-refractivity contribution in [2.45, 2.75) is 109 Å². The maximum absolute atomic E-state index is 13.5. The lowest BCUT2D eigenvalue weighted by molar-refractivity contribution is -0.320. The first-order valence-corrected chi connectivity index (χ1v) is 17.8. The molecular formula is C40H50N2O12. The molecule has 0 spiro atoms. The Labute approximate surface area is 315 Å². The third kappa shape index (κ3) is 13.8. The lowest BCUT2D eigenvalue weighted by Crippen LogP contribution is -2.61. The Morgan fingerprint density at radius 2 is 1.17 bits per heavy atom. The SMILES string of the molecule is C[C@@H]1O[C@@H](OC[C@H](NC(=O)OC(C)(C)C)C(=O)N[C@H](CCC(=O)O)C(=O)O)[C@@H](OCc2ccccc2)[C@H](OCc2ccccc2)[C@@H]1OCc1ccccc1. The maximum atomic E-state index is 13.5. The minimum atomic E-state index is -1.55. The van der Waals surface area contributed by atoms with Crippen LogP contribution in [0.4, 0.5) is 4.79 Å². The van der Waals surface area contributed by atoms with Crippen LogP contribution in [0.2, 0.25) is 0 Å². The number of benzene rings is 3. The predicted molar refractivity (Wildman–Crippen MR) is 195 cm³/mol. The van der Waals surface area contributed by atoms with Crippen LogP contribution < -0.4 is 10.6 Å². The molecule has 14 nitrogen and oxygen atoms in total. The summed E-state index contributed by atoms with van der Waals surface area (Å²) >= 11 is 0. The zero-order chi connectivity index (χ0) is 39.1. The third-order valence-electron chi connectivity index (χ3n) is 8.28. The quantitative estimate of drug-likeness (QED) is 0.131. The first kappa shape index (κ1) is 41.9. The number of alkyl carbamates (subject to hydrolysis) is 1. The van der Waals surface area contributed by atoms with Crippen LogP contribution in [-0.4, -0.2) is 89.1 Å². The van der Waals surface area contributed by atoms with Gasteiger partial charge in [-0.3, -0.25) is 9.59 Å². The molecule has 1 fully saturated rings. The van der Waals surface area contributed by atoms with Crippen molar-refractivity contribution < 1.29 is 57.8 Å². The third-order valence-corrected chi connectivity index (χ3v) is 8.28. The zero-order valence-electron chi connectivity index (χ0n) is 30.9. The summed E-state index contributed by atoms with van der Waals surface area (Å²) < 4.78 is 37.5. The highest BCUT2D eigenvalue weighted by atomic mass is 16.7. The highest BCUT2D eigenvalue weighted by Gasteiger charge is 2.48. The molecule has 1 aliphatic heterocycles. The molecule has 0 radical (unpaired) electrons. The van der Waals surface area contributed by atoms with Gasteiger partial charge in [-0.25, -0.2) is 9.59 Å². The van der Waals surface area contributed by atoms with Gasteiger partial charge in [0.25, 0.3) is 0 Å². The molecule has 0 unspecified atom stereocenters. The fourth-order valence-corrected chi connectivity index (χ4v) is 5.62. The standard InChI is InChI=1S/C40H50N2O12/c1-26-33(49-22-27-14-8-5-9-15-27)34(50-23-28-16-10-6-11-17-28)35(51-24-29-18-12-7-13-19-29)38(53-26)52-25-31(42-39(48)54-40(2,3)4)36(45)41-30(37(46)47)20-21-32(43)44/h5-19,26,30-31,33-35,38H,20-25H2,1-4H3,(H,41,45)(H,42,48)(H,43,44)(H,46,47)/t26-,30+,31-,33+,34+,35-,38+/m0/s1. The average Bonchev–Trinajstić information content (AvgIpc) is 3.13. The molecule has 0 aliphatic carbocycles. The van der Waals surface area contributed by atoms with Crippen molar-refractivity contribution in [3.63, 3.8) is 0 Å². The molecule has 4 N–H and O–H groups in total. The van der Waals surface area contributed by atoms with Crippen LogP contribution in [0.5, 0.6) is 0 Å². The van der Waals surface area contributed by atoms with Crippen LogP contribution in [0.3, 0.4) is 0 Å². The van der Waals surface area contributed by atoms with Crippen molar-refractivity contribution in [1.82, 2.24) is 10.6 Å². The fourth-order valence-electron chi connectivity index (χ4n) is 5.62. The molecule has 14 heteroatoms. The number of carboxylic acid groups (broad SMARTS) is 2. The molecule has 4 rings (SSSR count). The van der Waals surface area contributed by atoms with Gasteiger partial charge in [-0.05, 0) is 50.8 Å². The van der Waals surface area contributed by atoms with E-state index in [1.165, 1.54) is 0 Å². The second kappa shape index (κ2) is 20.6. The number of carboxylic acids is 2. The van der Waals surface area contributed by atoms with Gasteiger partial charge < -0.3 is 49.3 Å². The monoisotopic (exact) mass is 750 g/mol. The van der Waals surface area contributed by atoms with E-state index in [2.05, 4.69) is 10.6 Å². The Morgan fingerprint density at radius 1 is 0.685 bits per heavy atom. The van der Waals surface area contributed by atoms with Crippen LogP contribution in [0, 0.1) is 0 Å². The molecule has 2 amide bonds. The van der Waals surface area contributed by atoms with Crippen molar-refractivity contribution in [3.8, 4) is 0 Å². The summed E-state index contributed by atoms with van der Waals surface area (Å²) in [7, 11) is 0. The number of hydrogen-bond donors (Lipinski definition) is 4. The molecule has 3 aromatic rings. The minimum absolute atomic E-state index is 0.143. The Morgan fingerprint density at radius 3 is 1.63 bits per heavy atom. The van der Waals surface area contributed by atoms with Crippen LogP contribution in [0.1, 0.15) is 57.2 Å². The van der Waals surface area contributed by atoms with E-state index >= 15 is 0 Å². The number of ether oxygens (including phenoxy) is 6. The summed E-state index contributed by atoms with van der Waals surface area (Å²) in [5, 5.41) is 23.6. The van der Waals surface area contributed by atoms with Gasteiger partial charge in [0.1, 0.15) is 36.0 Å². The minimum Gasteiger partial charge on any atom is -0.481 e. The normalized spacial score (nSPS) is 21.0. The predicted octanol–water partition coefficient (Wildman–Crippen LogP) is 4.83. The van der Waals surface area contributed by atoms with Gasteiger partial charge in [-0.15, -0.1) is 0 Å². The number of amides is 2. The molecule has 292 valence electrons. The summed E-state index contributed by atoms with van der Waals surface area (Å²) in [6, 6.07) is 25.6. The highest BCUT2D eigenvalue weighted by Crippen LogP contribution is 2.31. The van der Waals surface area contributed by atoms with Crippen LogP contribution in [0.15, 0.2) is 91.0 Å². The van der Waals surface area contributed by atoms with Crippen molar-refractivity contribution in [1.29, 1.82) is 0 Å².